The molecule has 0 bridgehead atoms. The minimum atomic E-state index is -0.552. The Balaban J connectivity index is 0. The number of amides is 2. The van der Waals surface area contributed by atoms with E-state index in [-0.39, 0.29) is 30.8 Å². The van der Waals surface area contributed by atoms with Crippen LogP contribution in [0, 0.1) is 0 Å². The molecule has 2 amide bonds. The lowest BCUT2D eigenvalue weighted by atomic mass is 10.3. The number of halogens is 1. The van der Waals surface area contributed by atoms with Crippen molar-refractivity contribution in [2.45, 2.75) is 26.8 Å². The molecule has 0 aliphatic heterocycles. The number of carbonyl (C=O) groups is 2. The summed E-state index contributed by atoms with van der Waals surface area (Å²) in [5.74, 6) is -0.345. The summed E-state index contributed by atoms with van der Waals surface area (Å²) in [6, 6.07) is -0.552. The number of nitrogens with zero attached hydrogens (tertiary/aromatic N) is 1. The van der Waals surface area contributed by atoms with Gasteiger partial charge in [0.05, 0.1) is 12.6 Å². The highest BCUT2D eigenvalue weighted by atomic mass is 35.5. The molecule has 0 aromatic carbocycles. The fourth-order valence-electron chi connectivity index (χ4n) is 1.06. The predicted octanol–water partition coefficient (Wildman–Crippen LogP) is -0.260. The highest BCUT2D eigenvalue weighted by molar-refractivity contribution is 5.87. The summed E-state index contributed by atoms with van der Waals surface area (Å²) in [5.41, 5.74) is 5.44. The summed E-state index contributed by atoms with van der Waals surface area (Å²) < 4.78 is 0. The minimum Gasteiger partial charge on any atom is -0.355 e. The summed E-state index contributed by atoms with van der Waals surface area (Å²) in [5, 5.41) is 2.63. The van der Waals surface area contributed by atoms with Crippen LogP contribution in [0.25, 0.3) is 0 Å². The number of nitrogens with one attached hydrogen (secondary N) is 1. The van der Waals surface area contributed by atoms with Crippen LogP contribution in [0.15, 0.2) is 0 Å². The molecule has 3 N–H and O–H groups in total. The fraction of sp³-hybridized carbons (Fsp3) is 0.778. The van der Waals surface area contributed by atoms with Gasteiger partial charge in [-0.15, -0.1) is 12.4 Å². The molecule has 0 aliphatic rings. The second kappa shape index (κ2) is 8.49. The normalized spacial score (nSPS) is 11.2. The molecule has 1 atom stereocenters. The van der Waals surface area contributed by atoms with Gasteiger partial charge in [0, 0.05) is 13.1 Å². The van der Waals surface area contributed by atoms with E-state index in [2.05, 4.69) is 5.32 Å². The van der Waals surface area contributed by atoms with E-state index in [4.69, 9.17) is 5.73 Å². The van der Waals surface area contributed by atoms with E-state index in [1.807, 2.05) is 13.8 Å². The van der Waals surface area contributed by atoms with Crippen molar-refractivity contribution in [3.63, 3.8) is 0 Å². The molecule has 0 saturated heterocycles. The van der Waals surface area contributed by atoms with Crippen LogP contribution in [0.3, 0.4) is 0 Å². The lowest BCUT2D eigenvalue weighted by Gasteiger charge is -2.21. The highest BCUT2D eigenvalue weighted by Gasteiger charge is 2.17. The molecule has 0 aliphatic carbocycles. The Morgan fingerprint density at radius 1 is 1.40 bits per heavy atom. The van der Waals surface area contributed by atoms with E-state index >= 15 is 0 Å². The summed E-state index contributed by atoms with van der Waals surface area (Å²) in [4.78, 5) is 24.1. The standard InChI is InChI=1S/C9H19N3O2.ClH/c1-4-11-8(13)6-12(5-2)9(14)7(3)10;/h7H,4-6,10H2,1-3H3,(H,11,13);1H. The molecular formula is C9H20ClN3O2. The summed E-state index contributed by atoms with van der Waals surface area (Å²) in [6.07, 6.45) is 0. The average Bonchev–Trinajstić information content (AvgIpc) is 2.13. The van der Waals surface area contributed by atoms with Gasteiger partial charge in [-0.05, 0) is 20.8 Å². The van der Waals surface area contributed by atoms with Crippen LogP contribution in [0.1, 0.15) is 20.8 Å². The Kier molecular flexibility index (Phi) is 9.41. The zero-order valence-electron chi connectivity index (χ0n) is 9.45. The molecule has 5 nitrogen and oxygen atoms in total. The van der Waals surface area contributed by atoms with Gasteiger partial charge in [-0.1, -0.05) is 0 Å². The molecule has 90 valence electrons. The van der Waals surface area contributed by atoms with E-state index < -0.39 is 6.04 Å². The first-order valence-electron chi connectivity index (χ1n) is 4.83. The zero-order valence-corrected chi connectivity index (χ0v) is 10.3. The highest BCUT2D eigenvalue weighted by Crippen LogP contribution is 1.92. The van der Waals surface area contributed by atoms with E-state index in [0.29, 0.717) is 13.1 Å². The van der Waals surface area contributed by atoms with Crippen LogP contribution in [-0.4, -0.2) is 42.4 Å². The Morgan fingerprint density at radius 2 is 1.93 bits per heavy atom. The van der Waals surface area contributed by atoms with Gasteiger partial charge in [0.15, 0.2) is 0 Å². The number of nitrogens with two attached hydrogens (primary N) is 1. The van der Waals surface area contributed by atoms with Gasteiger partial charge in [0.25, 0.3) is 0 Å². The number of hydrogen-bond donors (Lipinski definition) is 2. The second-order valence-corrected chi connectivity index (χ2v) is 3.09. The van der Waals surface area contributed by atoms with Crippen molar-refractivity contribution in [2.75, 3.05) is 19.6 Å². The van der Waals surface area contributed by atoms with Gasteiger partial charge in [-0.3, -0.25) is 9.59 Å². The van der Waals surface area contributed by atoms with Crippen LogP contribution < -0.4 is 11.1 Å². The SMILES string of the molecule is CCNC(=O)CN(CC)C(=O)C(C)N.Cl. The average molecular weight is 238 g/mol. The van der Waals surface area contributed by atoms with Gasteiger partial charge in [0.2, 0.25) is 11.8 Å². The molecule has 0 spiro atoms. The Labute approximate surface area is 96.8 Å². The molecule has 0 aromatic heterocycles. The van der Waals surface area contributed by atoms with Crippen molar-refractivity contribution < 1.29 is 9.59 Å². The van der Waals surface area contributed by atoms with Gasteiger partial charge in [0.1, 0.15) is 0 Å². The summed E-state index contributed by atoms with van der Waals surface area (Å²) in [7, 11) is 0. The third kappa shape index (κ3) is 6.30. The fourth-order valence-corrected chi connectivity index (χ4v) is 1.06. The van der Waals surface area contributed by atoms with E-state index in [1.165, 1.54) is 4.90 Å². The molecule has 0 heterocycles. The molecular weight excluding hydrogens is 218 g/mol. The molecule has 0 rings (SSSR count). The van der Waals surface area contributed by atoms with Crippen LogP contribution in [0.5, 0.6) is 0 Å². The third-order valence-electron chi connectivity index (χ3n) is 1.79. The lowest BCUT2D eigenvalue weighted by molar-refractivity contribution is -0.136. The molecule has 6 heteroatoms. The van der Waals surface area contributed by atoms with Gasteiger partial charge in [-0.25, -0.2) is 0 Å². The monoisotopic (exact) mass is 237 g/mol. The maximum atomic E-state index is 11.4. The van der Waals surface area contributed by atoms with Crippen molar-refractivity contribution in [3.8, 4) is 0 Å². The Bertz CT molecular complexity index is 210. The topological polar surface area (TPSA) is 75.4 Å². The number of carbonyl (C=O) groups excluding carboxylic acids is 2. The predicted molar refractivity (Wildman–Crippen MR) is 61.8 cm³/mol. The summed E-state index contributed by atoms with van der Waals surface area (Å²) in [6.45, 7) is 6.43. The van der Waals surface area contributed by atoms with Crippen LogP contribution in [0.4, 0.5) is 0 Å². The number of likely N-dealkylation sites (N-methyl/N-ethyl adjacent to an activating group) is 2. The first-order chi connectivity index (χ1) is 6.52. The number of hydrogen-bond acceptors (Lipinski definition) is 3. The van der Waals surface area contributed by atoms with Crippen LogP contribution in [0.2, 0.25) is 0 Å². The molecule has 1 unspecified atom stereocenters. The molecule has 0 aromatic rings. The maximum absolute atomic E-state index is 11.4. The third-order valence-corrected chi connectivity index (χ3v) is 1.79. The van der Waals surface area contributed by atoms with E-state index in [0.717, 1.165) is 0 Å². The van der Waals surface area contributed by atoms with Gasteiger partial charge >= 0.3 is 0 Å². The Hall–Kier alpha value is -0.810. The molecule has 0 saturated carbocycles. The molecule has 0 fully saturated rings. The molecule has 0 radical (unpaired) electrons. The second-order valence-electron chi connectivity index (χ2n) is 3.09. The van der Waals surface area contributed by atoms with Crippen molar-refractivity contribution in [1.82, 2.24) is 10.2 Å². The quantitative estimate of drug-likeness (QED) is 0.692. The van der Waals surface area contributed by atoms with E-state index in [1.54, 1.807) is 6.92 Å². The van der Waals surface area contributed by atoms with Crippen molar-refractivity contribution in [2.24, 2.45) is 5.73 Å². The number of rotatable bonds is 5. The van der Waals surface area contributed by atoms with Gasteiger partial charge < -0.3 is 16.0 Å². The van der Waals surface area contributed by atoms with Crippen molar-refractivity contribution >= 4 is 24.2 Å². The molecule has 15 heavy (non-hydrogen) atoms. The van der Waals surface area contributed by atoms with Crippen LogP contribution >= 0.6 is 12.4 Å². The largest absolute Gasteiger partial charge is 0.355 e. The van der Waals surface area contributed by atoms with Crippen molar-refractivity contribution in [3.05, 3.63) is 0 Å². The lowest BCUT2D eigenvalue weighted by Crippen LogP contribution is -2.46. The maximum Gasteiger partial charge on any atom is 0.239 e. The first-order valence-corrected chi connectivity index (χ1v) is 4.83. The Morgan fingerprint density at radius 3 is 2.27 bits per heavy atom. The van der Waals surface area contributed by atoms with E-state index in [9.17, 15) is 9.59 Å². The first kappa shape index (κ1) is 16.6. The zero-order chi connectivity index (χ0) is 11.1. The van der Waals surface area contributed by atoms with Crippen LogP contribution in [-0.2, 0) is 9.59 Å². The van der Waals surface area contributed by atoms with Gasteiger partial charge in [-0.2, -0.15) is 0 Å². The smallest absolute Gasteiger partial charge is 0.239 e. The summed E-state index contributed by atoms with van der Waals surface area (Å²) >= 11 is 0. The minimum absolute atomic E-state index is 0. The van der Waals surface area contributed by atoms with Crippen molar-refractivity contribution in [1.29, 1.82) is 0 Å².